The second-order valence-corrected chi connectivity index (χ2v) is 14.9. The molecule has 5 aromatic rings. The third kappa shape index (κ3) is 6.16. The Morgan fingerprint density at radius 2 is 1.27 bits per heavy atom. The zero-order valence-electron chi connectivity index (χ0n) is 27.0. The van der Waals surface area contributed by atoms with Crippen LogP contribution in [0.3, 0.4) is 0 Å². The first-order chi connectivity index (χ1) is 23.4. The summed E-state index contributed by atoms with van der Waals surface area (Å²) in [5, 5.41) is 4.26. The Labute approximate surface area is 292 Å². The number of carbonyl (C=O) groups excluding carboxylic acids is 1. The van der Waals surface area contributed by atoms with Crippen molar-refractivity contribution in [2.45, 2.75) is 54.7 Å². The van der Waals surface area contributed by atoms with Gasteiger partial charge in [0.15, 0.2) is 0 Å². The minimum atomic E-state index is -0.742. The average Bonchev–Trinajstić information content (AvgIpc) is 3.39. The van der Waals surface area contributed by atoms with Gasteiger partial charge in [-0.1, -0.05) is 145 Å². The molecule has 2 aliphatic heterocycles. The summed E-state index contributed by atoms with van der Waals surface area (Å²) >= 11 is 8.78. The van der Waals surface area contributed by atoms with Gasteiger partial charge in [0.05, 0.1) is 18.1 Å². The van der Waals surface area contributed by atoms with Gasteiger partial charge >= 0.3 is 0 Å². The fraction of sp³-hybridized carbons (Fsp3) is 0.220. The molecule has 2 heterocycles. The Hall–Kier alpha value is -4.36. The molecule has 0 aliphatic carbocycles. The van der Waals surface area contributed by atoms with Crippen molar-refractivity contribution in [1.29, 1.82) is 0 Å². The molecule has 0 radical (unpaired) electrons. The lowest BCUT2D eigenvalue weighted by Gasteiger charge is -2.49. The molecule has 2 saturated heterocycles. The van der Waals surface area contributed by atoms with Gasteiger partial charge in [0, 0.05) is 4.75 Å². The minimum absolute atomic E-state index is 0.0310. The summed E-state index contributed by atoms with van der Waals surface area (Å²) in [6, 6.07) is 48.5. The maximum Gasteiger partial charge on any atom is 0.244 e. The van der Waals surface area contributed by atoms with Crippen LogP contribution in [-0.4, -0.2) is 38.2 Å². The number of halogens is 1. The summed E-state index contributed by atoms with van der Waals surface area (Å²) in [6.07, 6.45) is 0. The van der Waals surface area contributed by atoms with Gasteiger partial charge in [-0.15, -0.1) is 11.8 Å². The van der Waals surface area contributed by atoms with Gasteiger partial charge in [0.1, 0.15) is 28.9 Å². The molecular weight excluding hydrogens is 634 g/mol. The molecule has 7 rings (SSSR count). The number of thioether (sulfide) groups is 1. The number of benzene rings is 5. The standard InChI is InChI=1S/C41H38ClN3O2S/c1-40(2)36(37(42)43-27-29-23-25-34(26-24-29)47-28-30-15-7-3-8-16-30)45-38(46)35(39(45)48-40)44-41(31-17-9-4-10-18-31,32-19-11-5-12-20-32)33-21-13-6-14-22-33/h3-26,35-36,39,44H,27-28H2,1-2H3/t35?,36?,39-/m0/s1. The average molecular weight is 672 g/mol. The van der Waals surface area contributed by atoms with Crippen LogP contribution in [0.1, 0.15) is 41.7 Å². The SMILES string of the molecule is CC1(C)S[C@H]2C(NC(c3ccccc3)(c3ccccc3)c3ccccc3)C(=O)N2C1C(Cl)=NCc1ccc(OCc2ccccc2)cc1. The van der Waals surface area contributed by atoms with Gasteiger partial charge < -0.3 is 9.64 Å². The van der Waals surface area contributed by atoms with E-state index in [1.807, 2.05) is 77.7 Å². The molecule has 0 bridgehead atoms. The number of amides is 1. The van der Waals surface area contributed by atoms with Crippen molar-refractivity contribution < 1.29 is 9.53 Å². The van der Waals surface area contributed by atoms with Gasteiger partial charge in [-0.2, -0.15) is 0 Å². The number of hydrogen-bond donors (Lipinski definition) is 1. The summed E-state index contributed by atoms with van der Waals surface area (Å²) in [7, 11) is 0. The molecule has 48 heavy (non-hydrogen) atoms. The normalized spacial score (nSPS) is 20.2. The molecule has 3 atom stereocenters. The molecule has 2 unspecified atom stereocenters. The molecule has 1 N–H and O–H groups in total. The lowest BCUT2D eigenvalue weighted by atomic mass is 9.76. The van der Waals surface area contributed by atoms with Crippen LogP contribution in [0.4, 0.5) is 0 Å². The predicted octanol–water partition coefficient (Wildman–Crippen LogP) is 8.42. The summed E-state index contributed by atoms with van der Waals surface area (Å²) < 4.78 is 5.61. The third-order valence-corrected chi connectivity index (χ3v) is 11.1. The lowest BCUT2D eigenvalue weighted by Crippen LogP contribution is -2.72. The Kier molecular flexibility index (Phi) is 9.15. The number of carbonyl (C=O) groups is 1. The first-order valence-electron chi connectivity index (χ1n) is 16.3. The Balaban J connectivity index is 1.11. The zero-order valence-corrected chi connectivity index (χ0v) is 28.6. The quantitative estimate of drug-likeness (QED) is 0.0871. The highest BCUT2D eigenvalue weighted by atomic mass is 35.5. The van der Waals surface area contributed by atoms with Crippen molar-refractivity contribution in [1.82, 2.24) is 10.2 Å². The van der Waals surface area contributed by atoms with Crippen LogP contribution in [0.5, 0.6) is 5.75 Å². The van der Waals surface area contributed by atoms with E-state index in [2.05, 4.69) is 92.0 Å². The van der Waals surface area contributed by atoms with Gasteiger partial charge in [-0.3, -0.25) is 15.1 Å². The number of ether oxygens (including phenoxy) is 1. The molecule has 2 fully saturated rings. The first-order valence-corrected chi connectivity index (χ1v) is 17.5. The van der Waals surface area contributed by atoms with E-state index >= 15 is 0 Å². The maximum atomic E-state index is 14.2. The van der Waals surface area contributed by atoms with E-state index in [9.17, 15) is 4.79 Å². The van der Waals surface area contributed by atoms with Crippen LogP contribution in [0.25, 0.3) is 0 Å². The van der Waals surface area contributed by atoms with E-state index in [0.717, 1.165) is 33.6 Å². The van der Waals surface area contributed by atoms with Crippen LogP contribution in [0.15, 0.2) is 151 Å². The Morgan fingerprint density at radius 3 is 1.79 bits per heavy atom. The second kappa shape index (κ2) is 13.6. The Bertz CT molecular complexity index is 1770. The second-order valence-electron chi connectivity index (χ2n) is 12.8. The molecule has 7 heteroatoms. The fourth-order valence-electron chi connectivity index (χ4n) is 6.86. The van der Waals surface area contributed by atoms with E-state index in [0.29, 0.717) is 18.3 Å². The highest BCUT2D eigenvalue weighted by molar-refractivity contribution is 8.01. The minimum Gasteiger partial charge on any atom is -0.489 e. The van der Waals surface area contributed by atoms with E-state index in [-0.39, 0.29) is 22.1 Å². The van der Waals surface area contributed by atoms with Crippen LogP contribution >= 0.6 is 23.4 Å². The van der Waals surface area contributed by atoms with E-state index in [1.54, 1.807) is 11.8 Å². The van der Waals surface area contributed by atoms with E-state index in [1.165, 1.54) is 0 Å². The highest BCUT2D eigenvalue weighted by Gasteiger charge is 2.64. The molecule has 5 nitrogen and oxygen atoms in total. The first kappa shape index (κ1) is 32.2. The molecule has 242 valence electrons. The lowest BCUT2D eigenvalue weighted by molar-refractivity contribution is -0.147. The van der Waals surface area contributed by atoms with Gasteiger partial charge in [-0.05, 0) is 53.8 Å². The molecule has 2 aliphatic rings. The topological polar surface area (TPSA) is 53.9 Å². The van der Waals surface area contributed by atoms with Crippen LogP contribution in [0, 0.1) is 0 Å². The predicted molar refractivity (Wildman–Crippen MR) is 196 cm³/mol. The molecule has 1 amide bonds. The van der Waals surface area contributed by atoms with Crippen molar-refractivity contribution in [3.63, 3.8) is 0 Å². The summed E-state index contributed by atoms with van der Waals surface area (Å²) in [6.45, 7) is 5.24. The zero-order chi connectivity index (χ0) is 33.1. The van der Waals surface area contributed by atoms with Crippen molar-refractivity contribution in [2.75, 3.05) is 0 Å². The van der Waals surface area contributed by atoms with Crippen molar-refractivity contribution >= 4 is 34.4 Å². The van der Waals surface area contributed by atoms with Crippen LogP contribution in [-0.2, 0) is 23.5 Å². The van der Waals surface area contributed by atoms with Gasteiger partial charge in [-0.25, -0.2) is 0 Å². The number of rotatable bonds is 11. The number of aliphatic imine (C=N–C) groups is 1. The molecule has 0 aromatic heterocycles. The number of nitrogens with zero attached hydrogens (tertiary/aromatic N) is 2. The van der Waals surface area contributed by atoms with Crippen molar-refractivity contribution in [3.05, 3.63) is 173 Å². The summed E-state index contributed by atoms with van der Waals surface area (Å²) in [5.41, 5.74) is 4.62. The Morgan fingerprint density at radius 1 is 0.771 bits per heavy atom. The van der Waals surface area contributed by atoms with Crippen LogP contribution < -0.4 is 10.1 Å². The maximum absolute atomic E-state index is 14.2. The smallest absolute Gasteiger partial charge is 0.244 e. The number of fused-ring (bicyclic) bond motifs is 1. The van der Waals surface area contributed by atoms with E-state index in [4.69, 9.17) is 21.3 Å². The summed E-state index contributed by atoms with van der Waals surface area (Å²) in [5.74, 6) is 0.833. The van der Waals surface area contributed by atoms with Crippen LogP contribution in [0.2, 0.25) is 0 Å². The molecular formula is C41H38ClN3O2S. The molecule has 0 saturated carbocycles. The van der Waals surface area contributed by atoms with Crippen molar-refractivity contribution in [2.24, 2.45) is 4.99 Å². The monoisotopic (exact) mass is 671 g/mol. The number of nitrogens with one attached hydrogen (secondary N) is 1. The summed E-state index contributed by atoms with van der Waals surface area (Å²) in [4.78, 5) is 21.0. The van der Waals surface area contributed by atoms with Gasteiger partial charge in [0.25, 0.3) is 0 Å². The number of β-lactam (4-membered cyclic amide) rings is 1. The third-order valence-electron chi connectivity index (χ3n) is 9.24. The largest absolute Gasteiger partial charge is 0.489 e. The van der Waals surface area contributed by atoms with Gasteiger partial charge in [0.2, 0.25) is 5.91 Å². The van der Waals surface area contributed by atoms with Crippen molar-refractivity contribution in [3.8, 4) is 5.75 Å². The highest BCUT2D eigenvalue weighted by Crippen LogP contribution is 2.53. The van der Waals surface area contributed by atoms with E-state index < -0.39 is 11.6 Å². The molecule has 5 aromatic carbocycles. The molecule has 0 spiro atoms. The fourth-order valence-corrected chi connectivity index (χ4v) is 9.00. The number of hydrogen-bond acceptors (Lipinski definition) is 5.